The van der Waals surface area contributed by atoms with E-state index in [9.17, 15) is 4.79 Å². The van der Waals surface area contributed by atoms with Gasteiger partial charge in [0.05, 0.1) is 13.2 Å². The van der Waals surface area contributed by atoms with Crippen molar-refractivity contribution in [3.8, 4) is 0 Å². The number of fused-ring (bicyclic) bond motifs is 1. The maximum atomic E-state index is 13.4. The Morgan fingerprint density at radius 1 is 1.08 bits per heavy atom. The highest BCUT2D eigenvalue weighted by Gasteiger charge is 2.33. The maximum Gasteiger partial charge on any atom is 0.253 e. The SMILES string of the molecule is CCc1ccc2[nH]c(=O)c([C@@H](c3nnnn3CCOC)N3CCC(Cc4ccccc4)CC3)cc2c1. The molecule has 2 aromatic heterocycles. The van der Waals surface area contributed by atoms with Crippen molar-refractivity contribution in [2.24, 2.45) is 5.92 Å². The van der Waals surface area contributed by atoms with Crippen LogP contribution >= 0.6 is 0 Å². The van der Waals surface area contributed by atoms with Crippen molar-refractivity contribution < 1.29 is 4.74 Å². The number of ether oxygens (including phenoxy) is 1. The van der Waals surface area contributed by atoms with E-state index in [0.29, 0.717) is 30.5 Å². The molecule has 1 saturated heterocycles. The van der Waals surface area contributed by atoms with Gasteiger partial charge in [0, 0.05) is 18.2 Å². The van der Waals surface area contributed by atoms with Gasteiger partial charge in [0.15, 0.2) is 5.82 Å². The van der Waals surface area contributed by atoms with E-state index < -0.39 is 0 Å². The number of hydrogen-bond donors (Lipinski definition) is 1. The van der Waals surface area contributed by atoms with Crippen LogP contribution in [-0.2, 0) is 24.1 Å². The molecule has 0 spiro atoms. The summed E-state index contributed by atoms with van der Waals surface area (Å²) in [5.41, 5.74) is 4.06. The minimum Gasteiger partial charge on any atom is -0.383 e. The molecule has 5 rings (SSSR count). The first-order chi connectivity index (χ1) is 17.7. The topological polar surface area (TPSA) is 88.9 Å². The average molecular weight is 487 g/mol. The summed E-state index contributed by atoms with van der Waals surface area (Å²) < 4.78 is 7.05. The Bertz CT molecular complexity index is 1340. The predicted octanol–water partition coefficient (Wildman–Crippen LogP) is 3.77. The molecule has 2 aromatic carbocycles. The number of rotatable bonds is 9. The molecule has 36 heavy (non-hydrogen) atoms. The number of benzene rings is 2. The molecule has 188 valence electrons. The van der Waals surface area contributed by atoms with E-state index in [0.717, 1.165) is 49.7 Å². The van der Waals surface area contributed by atoms with Crippen molar-refractivity contribution in [1.82, 2.24) is 30.1 Å². The van der Waals surface area contributed by atoms with E-state index in [2.05, 4.69) is 74.8 Å². The first kappa shape index (κ1) is 24.3. The van der Waals surface area contributed by atoms with Crippen LogP contribution in [0.5, 0.6) is 0 Å². The third-order valence-electron chi connectivity index (χ3n) is 7.33. The van der Waals surface area contributed by atoms with Crippen molar-refractivity contribution >= 4 is 10.9 Å². The molecular formula is C28H34N6O2. The van der Waals surface area contributed by atoms with Crippen molar-refractivity contribution in [2.75, 3.05) is 26.8 Å². The lowest BCUT2D eigenvalue weighted by Crippen LogP contribution is -2.41. The normalized spacial score (nSPS) is 15.9. The Labute approximate surface area is 211 Å². The second kappa shape index (κ2) is 11.1. The lowest BCUT2D eigenvalue weighted by molar-refractivity contribution is 0.138. The molecule has 3 heterocycles. The molecule has 0 saturated carbocycles. The van der Waals surface area contributed by atoms with Gasteiger partial charge in [-0.2, -0.15) is 0 Å². The third kappa shape index (κ3) is 5.24. The smallest absolute Gasteiger partial charge is 0.253 e. The van der Waals surface area contributed by atoms with Crippen LogP contribution in [-0.4, -0.2) is 56.9 Å². The number of aryl methyl sites for hydroxylation is 1. The number of pyridine rings is 1. The van der Waals surface area contributed by atoms with Crippen molar-refractivity contribution in [1.29, 1.82) is 0 Å². The van der Waals surface area contributed by atoms with Crippen LogP contribution < -0.4 is 5.56 Å². The predicted molar refractivity (Wildman–Crippen MR) is 140 cm³/mol. The fourth-order valence-electron chi connectivity index (χ4n) is 5.30. The number of hydrogen-bond acceptors (Lipinski definition) is 6. The molecule has 1 aliphatic rings. The molecule has 1 N–H and O–H groups in total. The van der Waals surface area contributed by atoms with Gasteiger partial charge in [-0.05, 0) is 89.8 Å². The van der Waals surface area contributed by atoms with Gasteiger partial charge < -0.3 is 9.72 Å². The molecule has 4 aromatic rings. The Morgan fingerprint density at radius 2 is 1.89 bits per heavy atom. The van der Waals surface area contributed by atoms with Gasteiger partial charge in [0.25, 0.3) is 5.56 Å². The summed E-state index contributed by atoms with van der Waals surface area (Å²) in [6, 6.07) is 18.6. The first-order valence-electron chi connectivity index (χ1n) is 12.8. The van der Waals surface area contributed by atoms with Gasteiger partial charge in [-0.25, -0.2) is 4.68 Å². The fraction of sp³-hybridized carbons (Fsp3) is 0.429. The van der Waals surface area contributed by atoms with Crippen LogP contribution in [0.3, 0.4) is 0 Å². The number of likely N-dealkylation sites (tertiary alicyclic amines) is 1. The van der Waals surface area contributed by atoms with Crippen molar-refractivity contribution in [3.63, 3.8) is 0 Å². The highest BCUT2D eigenvalue weighted by Crippen LogP contribution is 2.32. The molecule has 1 aliphatic heterocycles. The zero-order valence-corrected chi connectivity index (χ0v) is 21.1. The van der Waals surface area contributed by atoms with Gasteiger partial charge in [-0.3, -0.25) is 9.69 Å². The van der Waals surface area contributed by atoms with Crippen LogP contribution in [0.1, 0.15) is 48.3 Å². The van der Waals surface area contributed by atoms with Crippen LogP contribution in [0, 0.1) is 5.92 Å². The molecule has 0 bridgehead atoms. The molecule has 0 radical (unpaired) electrons. The zero-order chi connectivity index (χ0) is 24.9. The fourth-order valence-corrected chi connectivity index (χ4v) is 5.30. The van der Waals surface area contributed by atoms with Gasteiger partial charge in [0.1, 0.15) is 6.04 Å². The monoisotopic (exact) mass is 486 g/mol. The molecule has 1 atom stereocenters. The Balaban J connectivity index is 1.48. The van der Waals surface area contributed by atoms with E-state index in [1.807, 2.05) is 12.1 Å². The highest BCUT2D eigenvalue weighted by atomic mass is 16.5. The van der Waals surface area contributed by atoms with Gasteiger partial charge >= 0.3 is 0 Å². The number of aromatic amines is 1. The number of nitrogens with one attached hydrogen (secondary N) is 1. The second-order valence-corrected chi connectivity index (χ2v) is 9.65. The van der Waals surface area contributed by atoms with Gasteiger partial charge in [0.2, 0.25) is 0 Å². The summed E-state index contributed by atoms with van der Waals surface area (Å²) in [5, 5.41) is 13.6. The summed E-state index contributed by atoms with van der Waals surface area (Å²) in [6.45, 7) is 4.93. The van der Waals surface area contributed by atoms with E-state index in [-0.39, 0.29) is 11.6 Å². The van der Waals surface area contributed by atoms with E-state index >= 15 is 0 Å². The van der Waals surface area contributed by atoms with Crippen LogP contribution in [0.25, 0.3) is 10.9 Å². The first-order valence-corrected chi connectivity index (χ1v) is 12.8. The maximum absolute atomic E-state index is 13.4. The summed E-state index contributed by atoms with van der Waals surface area (Å²) in [6.07, 6.45) is 4.16. The minimum absolute atomic E-state index is 0.0931. The van der Waals surface area contributed by atoms with Crippen molar-refractivity contribution in [3.05, 3.63) is 87.5 Å². The Morgan fingerprint density at radius 3 is 2.64 bits per heavy atom. The molecule has 0 amide bonds. The molecule has 8 nitrogen and oxygen atoms in total. The lowest BCUT2D eigenvalue weighted by Gasteiger charge is -2.37. The zero-order valence-electron chi connectivity index (χ0n) is 21.1. The minimum atomic E-state index is -0.326. The summed E-state index contributed by atoms with van der Waals surface area (Å²) in [4.78, 5) is 18.9. The van der Waals surface area contributed by atoms with E-state index in [4.69, 9.17) is 4.74 Å². The number of H-pyrrole nitrogens is 1. The summed E-state index contributed by atoms with van der Waals surface area (Å²) >= 11 is 0. The summed E-state index contributed by atoms with van der Waals surface area (Å²) in [7, 11) is 1.67. The largest absolute Gasteiger partial charge is 0.383 e. The lowest BCUT2D eigenvalue weighted by atomic mass is 9.89. The van der Waals surface area contributed by atoms with E-state index in [1.165, 1.54) is 11.1 Å². The average Bonchev–Trinajstić information content (AvgIpc) is 3.37. The second-order valence-electron chi connectivity index (χ2n) is 9.65. The van der Waals surface area contributed by atoms with E-state index in [1.54, 1.807) is 11.8 Å². The molecular weight excluding hydrogens is 452 g/mol. The van der Waals surface area contributed by atoms with Crippen LogP contribution in [0.15, 0.2) is 59.4 Å². The Kier molecular flexibility index (Phi) is 7.53. The Hall–Kier alpha value is -3.36. The highest BCUT2D eigenvalue weighted by molar-refractivity contribution is 5.80. The molecule has 1 fully saturated rings. The quantitative estimate of drug-likeness (QED) is 0.387. The summed E-state index contributed by atoms with van der Waals surface area (Å²) in [5.74, 6) is 1.31. The van der Waals surface area contributed by atoms with Crippen molar-refractivity contribution in [2.45, 2.75) is 45.2 Å². The number of piperidine rings is 1. The third-order valence-corrected chi connectivity index (χ3v) is 7.33. The number of aromatic nitrogens is 5. The standard InChI is InChI=1S/C28H34N6O2/c1-3-20-9-10-25-23(18-20)19-24(28(35)29-25)26(27-30-31-32-34(27)15-16-36-2)33-13-11-22(12-14-33)17-21-7-5-4-6-8-21/h4-10,18-19,22,26H,3,11-17H2,1-2H3,(H,29,35)/t26-/m0/s1. The number of tetrazole rings is 1. The molecule has 0 unspecified atom stereocenters. The molecule has 0 aliphatic carbocycles. The molecule has 8 heteroatoms. The number of methoxy groups -OCH3 is 1. The van der Waals surface area contributed by atoms with Crippen LogP contribution in [0.4, 0.5) is 0 Å². The van der Waals surface area contributed by atoms with Gasteiger partial charge in [-0.1, -0.05) is 43.3 Å². The number of nitrogens with zero attached hydrogens (tertiary/aromatic N) is 5. The van der Waals surface area contributed by atoms with Gasteiger partial charge in [-0.15, -0.1) is 5.10 Å². The van der Waals surface area contributed by atoms with Crippen LogP contribution in [0.2, 0.25) is 0 Å².